The van der Waals surface area contributed by atoms with Crippen LogP contribution in [-0.2, 0) is 7.05 Å². The van der Waals surface area contributed by atoms with Crippen LogP contribution in [0.2, 0.25) is 0 Å². The summed E-state index contributed by atoms with van der Waals surface area (Å²) in [6, 6.07) is 6.61. The highest BCUT2D eigenvalue weighted by molar-refractivity contribution is 5.83. The van der Waals surface area contributed by atoms with Crippen molar-refractivity contribution in [2.24, 2.45) is 7.05 Å². The SMILES string of the molecule is Cc1cc(O)cc2c1ccc(=O)n2C. The van der Waals surface area contributed by atoms with Crippen LogP contribution < -0.4 is 5.56 Å². The van der Waals surface area contributed by atoms with Gasteiger partial charge < -0.3 is 9.67 Å². The van der Waals surface area contributed by atoms with Crippen LogP contribution in [0.4, 0.5) is 0 Å². The topological polar surface area (TPSA) is 42.2 Å². The molecular weight excluding hydrogens is 178 g/mol. The third kappa shape index (κ3) is 1.18. The Balaban J connectivity index is 3.02. The highest BCUT2D eigenvalue weighted by atomic mass is 16.3. The molecule has 0 unspecified atom stereocenters. The lowest BCUT2D eigenvalue weighted by Crippen LogP contribution is -2.15. The first kappa shape index (κ1) is 8.81. The van der Waals surface area contributed by atoms with Crippen molar-refractivity contribution < 1.29 is 5.11 Å². The normalized spacial score (nSPS) is 10.7. The van der Waals surface area contributed by atoms with Crippen molar-refractivity contribution in [1.82, 2.24) is 4.57 Å². The first-order chi connectivity index (χ1) is 6.59. The van der Waals surface area contributed by atoms with Crippen LogP contribution in [0.5, 0.6) is 5.75 Å². The zero-order valence-corrected chi connectivity index (χ0v) is 8.11. The molecule has 3 nitrogen and oxygen atoms in total. The maximum Gasteiger partial charge on any atom is 0.250 e. The quantitative estimate of drug-likeness (QED) is 0.683. The Morgan fingerprint density at radius 2 is 2.00 bits per heavy atom. The number of phenolic OH excluding ortho intramolecular Hbond substituents is 1. The lowest BCUT2D eigenvalue weighted by atomic mass is 10.1. The van der Waals surface area contributed by atoms with E-state index in [1.165, 1.54) is 10.6 Å². The highest BCUT2D eigenvalue weighted by Gasteiger charge is 2.03. The summed E-state index contributed by atoms with van der Waals surface area (Å²) in [5.74, 6) is 0.191. The summed E-state index contributed by atoms with van der Waals surface area (Å²) in [7, 11) is 1.70. The van der Waals surface area contributed by atoms with Crippen LogP contribution in [-0.4, -0.2) is 9.67 Å². The predicted octanol–water partition coefficient (Wildman–Crippen LogP) is 1.55. The number of phenols is 1. The van der Waals surface area contributed by atoms with Gasteiger partial charge in [-0.05, 0) is 24.6 Å². The number of aromatic hydroxyl groups is 1. The van der Waals surface area contributed by atoms with Crippen LogP contribution in [0.1, 0.15) is 5.56 Å². The van der Waals surface area contributed by atoms with E-state index in [0.717, 1.165) is 16.5 Å². The Kier molecular flexibility index (Phi) is 1.81. The lowest BCUT2D eigenvalue weighted by Gasteiger charge is -2.07. The van der Waals surface area contributed by atoms with Gasteiger partial charge in [0.25, 0.3) is 5.56 Å². The molecule has 2 rings (SSSR count). The van der Waals surface area contributed by atoms with E-state index in [1.54, 1.807) is 25.2 Å². The Hall–Kier alpha value is -1.77. The number of rotatable bonds is 0. The predicted molar refractivity (Wildman–Crippen MR) is 55.6 cm³/mol. The lowest BCUT2D eigenvalue weighted by molar-refractivity contribution is 0.475. The molecule has 14 heavy (non-hydrogen) atoms. The largest absolute Gasteiger partial charge is 0.508 e. The van der Waals surface area contributed by atoms with Gasteiger partial charge >= 0.3 is 0 Å². The molecular formula is C11H11NO2. The van der Waals surface area contributed by atoms with Gasteiger partial charge in [0.05, 0.1) is 5.52 Å². The van der Waals surface area contributed by atoms with E-state index in [0.29, 0.717) is 0 Å². The number of hydrogen-bond donors (Lipinski definition) is 1. The second-order valence-electron chi connectivity index (χ2n) is 3.43. The molecule has 0 bridgehead atoms. The molecule has 0 saturated carbocycles. The standard InChI is InChI=1S/C11H11NO2/c1-7-5-8(13)6-10-9(7)3-4-11(14)12(10)2/h3-6,13H,1-2H3. The molecule has 0 radical (unpaired) electrons. The van der Waals surface area contributed by atoms with E-state index in [9.17, 15) is 9.90 Å². The summed E-state index contributed by atoms with van der Waals surface area (Å²) < 4.78 is 1.53. The number of benzene rings is 1. The van der Waals surface area contributed by atoms with E-state index >= 15 is 0 Å². The third-order valence-electron chi connectivity index (χ3n) is 2.43. The Morgan fingerprint density at radius 3 is 2.71 bits per heavy atom. The van der Waals surface area contributed by atoms with E-state index in [1.807, 2.05) is 6.92 Å². The van der Waals surface area contributed by atoms with Gasteiger partial charge in [0.2, 0.25) is 0 Å². The summed E-state index contributed by atoms with van der Waals surface area (Å²) in [6.45, 7) is 1.91. The summed E-state index contributed by atoms with van der Waals surface area (Å²) in [6.07, 6.45) is 0. The van der Waals surface area contributed by atoms with Crippen molar-refractivity contribution in [3.05, 3.63) is 40.2 Å². The Bertz CT molecular complexity index is 555. The van der Waals surface area contributed by atoms with Crippen LogP contribution in [0, 0.1) is 6.92 Å². The Labute approximate surface area is 81.2 Å². The molecule has 0 aliphatic carbocycles. The smallest absolute Gasteiger partial charge is 0.250 e. The van der Waals surface area contributed by atoms with Gasteiger partial charge in [0.1, 0.15) is 5.75 Å². The van der Waals surface area contributed by atoms with Crippen LogP contribution in [0.15, 0.2) is 29.1 Å². The number of aryl methyl sites for hydroxylation is 2. The van der Waals surface area contributed by atoms with Crippen molar-refractivity contribution in [3.63, 3.8) is 0 Å². The molecule has 1 aromatic heterocycles. The molecule has 1 heterocycles. The first-order valence-corrected chi connectivity index (χ1v) is 4.39. The summed E-state index contributed by atoms with van der Waals surface area (Å²) in [5.41, 5.74) is 1.66. The maximum absolute atomic E-state index is 11.3. The molecule has 0 atom stereocenters. The molecule has 0 spiro atoms. The van der Waals surface area contributed by atoms with E-state index in [2.05, 4.69) is 0 Å². The van der Waals surface area contributed by atoms with E-state index in [4.69, 9.17) is 0 Å². The number of fused-ring (bicyclic) bond motifs is 1. The number of nitrogens with zero attached hydrogens (tertiary/aromatic N) is 1. The molecule has 0 amide bonds. The second kappa shape index (κ2) is 2.87. The summed E-state index contributed by atoms with van der Waals surface area (Å²) >= 11 is 0. The summed E-state index contributed by atoms with van der Waals surface area (Å²) in [5, 5.41) is 10.4. The minimum atomic E-state index is -0.0671. The molecule has 3 heteroatoms. The van der Waals surface area contributed by atoms with Gasteiger partial charge in [0, 0.05) is 24.6 Å². The minimum Gasteiger partial charge on any atom is -0.508 e. The van der Waals surface area contributed by atoms with Crippen LogP contribution in [0.25, 0.3) is 10.9 Å². The van der Waals surface area contributed by atoms with Crippen molar-refractivity contribution in [1.29, 1.82) is 0 Å². The highest BCUT2D eigenvalue weighted by Crippen LogP contribution is 2.22. The van der Waals surface area contributed by atoms with Crippen molar-refractivity contribution >= 4 is 10.9 Å². The van der Waals surface area contributed by atoms with Gasteiger partial charge in [-0.1, -0.05) is 0 Å². The molecule has 72 valence electrons. The first-order valence-electron chi connectivity index (χ1n) is 4.39. The zero-order chi connectivity index (χ0) is 10.3. The molecule has 1 N–H and O–H groups in total. The second-order valence-corrected chi connectivity index (χ2v) is 3.43. The van der Waals surface area contributed by atoms with Crippen molar-refractivity contribution in [2.45, 2.75) is 6.92 Å². The molecule has 2 aromatic rings. The number of hydrogen-bond acceptors (Lipinski definition) is 2. The van der Waals surface area contributed by atoms with Gasteiger partial charge in [0.15, 0.2) is 0 Å². The molecule has 0 aliphatic rings. The number of aromatic nitrogens is 1. The van der Waals surface area contributed by atoms with E-state index in [-0.39, 0.29) is 11.3 Å². The maximum atomic E-state index is 11.3. The monoisotopic (exact) mass is 189 g/mol. The fraction of sp³-hybridized carbons (Fsp3) is 0.182. The fourth-order valence-electron chi connectivity index (χ4n) is 1.64. The van der Waals surface area contributed by atoms with E-state index < -0.39 is 0 Å². The van der Waals surface area contributed by atoms with Gasteiger partial charge in [-0.2, -0.15) is 0 Å². The van der Waals surface area contributed by atoms with Gasteiger partial charge in [-0.15, -0.1) is 0 Å². The van der Waals surface area contributed by atoms with Crippen molar-refractivity contribution in [3.8, 4) is 5.75 Å². The summed E-state index contributed by atoms with van der Waals surface area (Å²) in [4.78, 5) is 11.3. The molecule has 0 fully saturated rings. The van der Waals surface area contributed by atoms with Crippen molar-refractivity contribution in [2.75, 3.05) is 0 Å². The molecule has 0 aliphatic heterocycles. The minimum absolute atomic E-state index is 0.0671. The van der Waals surface area contributed by atoms with Gasteiger partial charge in [-0.25, -0.2) is 0 Å². The number of pyridine rings is 1. The van der Waals surface area contributed by atoms with Crippen LogP contribution in [0.3, 0.4) is 0 Å². The third-order valence-corrected chi connectivity index (χ3v) is 2.43. The average Bonchev–Trinajstić information content (AvgIpc) is 2.12. The van der Waals surface area contributed by atoms with Crippen LogP contribution >= 0.6 is 0 Å². The molecule has 1 aromatic carbocycles. The average molecular weight is 189 g/mol. The van der Waals surface area contributed by atoms with Gasteiger partial charge in [-0.3, -0.25) is 4.79 Å². The fourth-order valence-corrected chi connectivity index (χ4v) is 1.64. The Morgan fingerprint density at radius 1 is 1.29 bits per heavy atom. The molecule has 0 saturated heterocycles. The zero-order valence-electron chi connectivity index (χ0n) is 8.11.